The van der Waals surface area contributed by atoms with Crippen molar-refractivity contribution in [1.29, 1.82) is 0 Å². The van der Waals surface area contributed by atoms with Gasteiger partial charge in [0.15, 0.2) is 11.2 Å². The fourth-order valence-electron chi connectivity index (χ4n) is 2.67. The predicted octanol–water partition coefficient (Wildman–Crippen LogP) is 5.29. The predicted molar refractivity (Wildman–Crippen MR) is 116 cm³/mol. The van der Waals surface area contributed by atoms with Gasteiger partial charge in [-0.1, -0.05) is 63.2 Å². The first-order valence-corrected chi connectivity index (χ1v) is 10.3. The molecule has 6 heteroatoms. The van der Waals surface area contributed by atoms with Gasteiger partial charge in [0, 0.05) is 10.9 Å². The van der Waals surface area contributed by atoms with Crippen molar-refractivity contribution in [1.82, 2.24) is 4.98 Å². The van der Waals surface area contributed by atoms with Crippen LogP contribution < -0.4 is 5.32 Å². The number of thiazole rings is 1. The van der Waals surface area contributed by atoms with Gasteiger partial charge in [0.1, 0.15) is 0 Å². The van der Waals surface area contributed by atoms with Gasteiger partial charge in [-0.3, -0.25) is 10.1 Å². The second-order valence-electron chi connectivity index (χ2n) is 7.77. The van der Waals surface area contributed by atoms with Crippen molar-refractivity contribution >= 4 is 28.3 Å². The van der Waals surface area contributed by atoms with Crippen molar-refractivity contribution in [2.24, 2.45) is 0 Å². The first-order chi connectivity index (χ1) is 13.7. The number of aromatic nitrogens is 1. The number of hydrogen-bond acceptors (Lipinski definition) is 5. The maximum absolute atomic E-state index is 12.4. The molecule has 1 N–H and O–H groups in total. The third-order valence-corrected chi connectivity index (χ3v) is 5.20. The van der Waals surface area contributed by atoms with E-state index in [2.05, 4.69) is 31.1 Å². The van der Waals surface area contributed by atoms with Crippen molar-refractivity contribution in [2.75, 3.05) is 5.32 Å². The summed E-state index contributed by atoms with van der Waals surface area (Å²) in [4.78, 5) is 29.2. The zero-order valence-electron chi connectivity index (χ0n) is 16.9. The average Bonchev–Trinajstić information content (AvgIpc) is 3.16. The van der Waals surface area contributed by atoms with E-state index in [-0.39, 0.29) is 5.41 Å². The smallest absolute Gasteiger partial charge is 0.338 e. The first-order valence-electron chi connectivity index (χ1n) is 9.37. The van der Waals surface area contributed by atoms with Gasteiger partial charge in [0.2, 0.25) is 0 Å². The number of nitrogens with zero attached hydrogens (tertiary/aromatic N) is 1. The Morgan fingerprint density at radius 3 is 2.31 bits per heavy atom. The Labute approximate surface area is 174 Å². The summed E-state index contributed by atoms with van der Waals surface area (Å²) in [5, 5.41) is 5.05. The second kappa shape index (κ2) is 8.57. The molecule has 0 spiro atoms. The number of carbonyl (C=O) groups excluding carboxylic acids is 2. The van der Waals surface area contributed by atoms with Crippen LogP contribution >= 0.6 is 11.3 Å². The molecular weight excluding hydrogens is 384 g/mol. The van der Waals surface area contributed by atoms with Crippen LogP contribution in [0.15, 0.2) is 60.0 Å². The van der Waals surface area contributed by atoms with Gasteiger partial charge in [-0.05, 0) is 30.0 Å². The lowest BCUT2D eigenvalue weighted by atomic mass is 9.87. The summed E-state index contributed by atoms with van der Waals surface area (Å²) in [6.07, 6.45) is -0.936. The summed E-state index contributed by atoms with van der Waals surface area (Å²) < 4.78 is 5.31. The summed E-state index contributed by atoms with van der Waals surface area (Å²) in [5.74, 6) is -0.948. The van der Waals surface area contributed by atoms with E-state index < -0.39 is 18.0 Å². The van der Waals surface area contributed by atoms with Crippen molar-refractivity contribution in [3.05, 3.63) is 71.1 Å². The summed E-state index contributed by atoms with van der Waals surface area (Å²) >= 11 is 1.33. The number of esters is 1. The second-order valence-corrected chi connectivity index (χ2v) is 8.63. The Kier molecular flexibility index (Phi) is 6.13. The van der Waals surface area contributed by atoms with Crippen LogP contribution in [-0.2, 0) is 14.9 Å². The van der Waals surface area contributed by atoms with Gasteiger partial charge in [0.25, 0.3) is 5.91 Å². The fraction of sp³-hybridized carbons (Fsp3) is 0.261. The zero-order valence-corrected chi connectivity index (χ0v) is 17.7. The average molecular weight is 409 g/mol. The molecule has 29 heavy (non-hydrogen) atoms. The van der Waals surface area contributed by atoms with Crippen molar-refractivity contribution in [2.45, 2.75) is 39.2 Å². The number of rotatable bonds is 5. The molecule has 0 fully saturated rings. The Balaban J connectivity index is 1.59. The lowest BCUT2D eigenvalue weighted by Crippen LogP contribution is -2.30. The van der Waals surface area contributed by atoms with Crippen molar-refractivity contribution in [3.63, 3.8) is 0 Å². The molecule has 3 rings (SSSR count). The minimum absolute atomic E-state index is 0.00191. The SMILES string of the molecule is CC(OC(=O)c1ccc(C(C)(C)C)cc1)C(=O)Nc1nc(-c2ccccc2)cs1. The van der Waals surface area contributed by atoms with Crippen LogP contribution in [0.25, 0.3) is 11.3 Å². The monoisotopic (exact) mass is 408 g/mol. The Morgan fingerprint density at radius 2 is 1.69 bits per heavy atom. The molecule has 1 heterocycles. The van der Waals surface area contributed by atoms with Gasteiger partial charge >= 0.3 is 5.97 Å². The molecule has 0 aliphatic heterocycles. The summed E-state index contributed by atoms with van der Waals surface area (Å²) in [6, 6.07) is 17.0. The van der Waals surface area contributed by atoms with Gasteiger partial charge in [-0.15, -0.1) is 11.3 Å². The van der Waals surface area contributed by atoms with E-state index in [9.17, 15) is 9.59 Å². The molecule has 1 amide bonds. The Morgan fingerprint density at radius 1 is 1.03 bits per heavy atom. The number of hydrogen-bond donors (Lipinski definition) is 1. The van der Waals surface area contributed by atoms with Crippen molar-refractivity contribution in [3.8, 4) is 11.3 Å². The van der Waals surface area contributed by atoms with Gasteiger partial charge in [-0.25, -0.2) is 9.78 Å². The summed E-state index contributed by atoms with van der Waals surface area (Å²) in [6.45, 7) is 7.86. The van der Waals surface area contributed by atoms with Gasteiger partial charge in [-0.2, -0.15) is 0 Å². The first kappa shape index (κ1) is 20.7. The number of carbonyl (C=O) groups is 2. The summed E-state index contributed by atoms with van der Waals surface area (Å²) in [5.41, 5.74) is 3.30. The molecule has 2 aromatic carbocycles. The molecule has 0 saturated heterocycles. The highest BCUT2D eigenvalue weighted by Gasteiger charge is 2.21. The number of nitrogens with one attached hydrogen (secondary N) is 1. The Hall–Kier alpha value is -2.99. The minimum Gasteiger partial charge on any atom is -0.449 e. The van der Waals surface area contributed by atoms with Crippen LogP contribution in [-0.4, -0.2) is 23.0 Å². The molecule has 0 bridgehead atoms. The standard InChI is InChI=1S/C23H24N2O3S/c1-15(28-21(27)17-10-12-18(13-11-17)23(2,3)4)20(26)25-22-24-19(14-29-22)16-8-6-5-7-9-16/h5-15H,1-4H3,(H,24,25,26). The molecule has 1 aromatic heterocycles. The number of ether oxygens (including phenoxy) is 1. The lowest BCUT2D eigenvalue weighted by molar-refractivity contribution is -0.123. The van der Waals surface area contributed by atoms with E-state index in [1.165, 1.54) is 11.3 Å². The third-order valence-electron chi connectivity index (χ3n) is 4.44. The maximum Gasteiger partial charge on any atom is 0.338 e. The zero-order chi connectivity index (χ0) is 21.0. The van der Waals surface area contributed by atoms with Gasteiger partial charge in [0.05, 0.1) is 11.3 Å². The highest BCUT2D eigenvalue weighted by Crippen LogP contribution is 2.25. The van der Waals surface area contributed by atoms with Crippen LogP contribution in [0.2, 0.25) is 0 Å². The third kappa shape index (κ3) is 5.29. The number of anilines is 1. The van der Waals surface area contributed by atoms with Gasteiger partial charge < -0.3 is 4.74 Å². The lowest BCUT2D eigenvalue weighted by Gasteiger charge is -2.19. The van der Waals surface area contributed by atoms with E-state index >= 15 is 0 Å². The van der Waals surface area contributed by atoms with E-state index in [0.29, 0.717) is 10.7 Å². The number of benzene rings is 2. The summed E-state index contributed by atoms with van der Waals surface area (Å²) in [7, 11) is 0. The van der Waals surface area contributed by atoms with E-state index in [4.69, 9.17) is 4.74 Å². The molecule has 1 atom stereocenters. The van der Waals surface area contributed by atoms with E-state index in [0.717, 1.165) is 16.8 Å². The maximum atomic E-state index is 12.4. The Bertz CT molecular complexity index is 989. The fourth-order valence-corrected chi connectivity index (χ4v) is 3.39. The molecule has 1 unspecified atom stereocenters. The molecule has 0 radical (unpaired) electrons. The molecule has 3 aromatic rings. The molecular formula is C23H24N2O3S. The molecule has 0 aliphatic rings. The van der Waals surface area contributed by atoms with Crippen LogP contribution in [0, 0.1) is 0 Å². The highest BCUT2D eigenvalue weighted by molar-refractivity contribution is 7.14. The molecule has 0 aliphatic carbocycles. The van der Waals surface area contributed by atoms with E-state index in [1.54, 1.807) is 19.1 Å². The highest BCUT2D eigenvalue weighted by atomic mass is 32.1. The van der Waals surface area contributed by atoms with Crippen LogP contribution in [0.3, 0.4) is 0 Å². The van der Waals surface area contributed by atoms with E-state index in [1.807, 2.05) is 47.8 Å². The molecule has 150 valence electrons. The van der Waals surface area contributed by atoms with Crippen LogP contribution in [0.5, 0.6) is 0 Å². The number of amides is 1. The molecule has 0 saturated carbocycles. The quantitative estimate of drug-likeness (QED) is 0.582. The topological polar surface area (TPSA) is 68.3 Å². The largest absolute Gasteiger partial charge is 0.449 e. The van der Waals surface area contributed by atoms with Crippen LogP contribution in [0.1, 0.15) is 43.6 Å². The molecule has 5 nitrogen and oxygen atoms in total. The normalized spacial score (nSPS) is 12.3. The van der Waals surface area contributed by atoms with Crippen molar-refractivity contribution < 1.29 is 14.3 Å². The van der Waals surface area contributed by atoms with Crippen LogP contribution in [0.4, 0.5) is 5.13 Å². The minimum atomic E-state index is -0.936.